The van der Waals surface area contributed by atoms with Crippen LogP contribution >= 0.6 is 8.15 Å². The molecule has 1 aromatic rings. The molecule has 0 bridgehead atoms. The van der Waals surface area contributed by atoms with Gasteiger partial charge in [-0.15, -0.1) is 0 Å². The van der Waals surface area contributed by atoms with Gasteiger partial charge in [0.1, 0.15) is 0 Å². The quantitative estimate of drug-likeness (QED) is 0.568. The Bertz CT molecular complexity index is 300. The van der Waals surface area contributed by atoms with Crippen LogP contribution in [-0.2, 0) is 14.1 Å². The summed E-state index contributed by atoms with van der Waals surface area (Å²) in [5.41, 5.74) is 0. The van der Waals surface area contributed by atoms with Gasteiger partial charge in [-0.1, -0.05) is 30.3 Å². The van der Waals surface area contributed by atoms with Gasteiger partial charge in [-0.25, -0.2) is 0 Å². The minimum atomic E-state index is -0.693. The standard InChI is InChI=1S/C11H15O3P/c1-13-11(12)8-9-15(14-2)10-6-4-3-5-7-10/h3-7H,8-9H2,1-2H3. The van der Waals surface area contributed by atoms with Crippen LogP contribution in [-0.4, -0.2) is 26.4 Å². The van der Waals surface area contributed by atoms with E-state index in [2.05, 4.69) is 4.74 Å². The molecule has 0 aliphatic carbocycles. The molecule has 82 valence electrons. The molecule has 1 aromatic carbocycles. The molecule has 0 N–H and O–H groups in total. The third-order valence-corrected chi connectivity index (χ3v) is 3.96. The van der Waals surface area contributed by atoms with E-state index in [9.17, 15) is 4.79 Å². The van der Waals surface area contributed by atoms with E-state index in [0.717, 1.165) is 5.30 Å². The summed E-state index contributed by atoms with van der Waals surface area (Å²) in [6.45, 7) is 0. The highest BCUT2D eigenvalue weighted by Gasteiger charge is 2.12. The van der Waals surface area contributed by atoms with Crippen LogP contribution in [0, 0.1) is 0 Å². The number of benzene rings is 1. The van der Waals surface area contributed by atoms with Gasteiger partial charge in [-0.3, -0.25) is 4.79 Å². The predicted octanol–water partition coefficient (Wildman–Crippen LogP) is 1.92. The van der Waals surface area contributed by atoms with E-state index in [-0.39, 0.29) is 5.97 Å². The largest absolute Gasteiger partial charge is 0.469 e. The second kappa shape index (κ2) is 6.54. The van der Waals surface area contributed by atoms with Crippen LogP contribution in [0.1, 0.15) is 6.42 Å². The molecule has 0 aliphatic rings. The molecule has 3 nitrogen and oxygen atoms in total. The van der Waals surface area contributed by atoms with Gasteiger partial charge in [0.2, 0.25) is 0 Å². The Hall–Kier alpha value is -0.920. The van der Waals surface area contributed by atoms with Crippen molar-refractivity contribution in [3.63, 3.8) is 0 Å². The van der Waals surface area contributed by atoms with Crippen molar-refractivity contribution >= 4 is 19.4 Å². The lowest BCUT2D eigenvalue weighted by atomic mass is 10.4. The van der Waals surface area contributed by atoms with E-state index in [0.29, 0.717) is 12.6 Å². The zero-order valence-corrected chi connectivity index (χ0v) is 9.87. The molecular weight excluding hydrogens is 211 g/mol. The summed E-state index contributed by atoms with van der Waals surface area (Å²) in [4.78, 5) is 11.0. The van der Waals surface area contributed by atoms with Gasteiger partial charge < -0.3 is 9.26 Å². The molecule has 0 heterocycles. The first-order valence-electron chi connectivity index (χ1n) is 4.71. The Labute approximate surface area is 91.2 Å². The summed E-state index contributed by atoms with van der Waals surface area (Å²) in [6.07, 6.45) is 1.12. The van der Waals surface area contributed by atoms with Gasteiger partial charge in [0.15, 0.2) is 0 Å². The molecule has 1 unspecified atom stereocenters. The molecule has 1 atom stereocenters. The second-order valence-corrected chi connectivity index (χ2v) is 5.03. The summed E-state index contributed by atoms with van der Waals surface area (Å²) < 4.78 is 9.99. The molecule has 0 saturated heterocycles. The van der Waals surface area contributed by atoms with Crippen LogP contribution in [0.5, 0.6) is 0 Å². The first kappa shape index (κ1) is 12.2. The summed E-state index contributed by atoms with van der Waals surface area (Å²) in [6, 6.07) is 9.95. The molecule has 4 heteroatoms. The Morgan fingerprint density at radius 1 is 1.27 bits per heavy atom. The van der Waals surface area contributed by atoms with Gasteiger partial charge in [0, 0.05) is 18.6 Å². The Morgan fingerprint density at radius 2 is 1.93 bits per heavy atom. The number of hydrogen-bond acceptors (Lipinski definition) is 3. The maximum Gasteiger partial charge on any atom is 0.305 e. The Balaban J connectivity index is 2.53. The van der Waals surface area contributed by atoms with Crippen LogP contribution in [0.25, 0.3) is 0 Å². The van der Waals surface area contributed by atoms with Crippen LogP contribution in [0.15, 0.2) is 30.3 Å². The third kappa shape index (κ3) is 3.98. The van der Waals surface area contributed by atoms with E-state index in [1.807, 2.05) is 30.3 Å². The average Bonchev–Trinajstić information content (AvgIpc) is 2.31. The Morgan fingerprint density at radius 3 is 2.47 bits per heavy atom. The fraction of sp³-hybridized carbons (Fsp3) is 0.364. The van der Waals surface area contributed by atoms with E-state index in [1.54, 1.807) is 7.11 Å². The van der Waals surface area contributed by atoms with Crippen molar-refractivity contribution in [2.45, 2.75) is 6.42 Å². The Kier molecular flexibility index (Phi) is 5.30. The monoisotopic (exact) mass is 226 g/mol. The predicted molar refractivity (Wildman–Crippen MR) is 61.5 cm³/mol. The van der Waals surface area contributed by atoms with Crippen LogP contribution in [0.4, 0.5) is 0 Å². The molecule has 1 rings (SSSR count). The zero-order chi connectivity index (χ0) is 11.1. The highest BCUT2D eigenvalue weighted by molar-refractivity contribution is 7.60. The molecule has 15 heavy (non-hydrogen) atoms. The molecule has 0 amide bonds. The maximum atomic E-state index is 11.0. The van der Waals surface area contributed by atoms with Gasteiger partial charge in [-0.2, -0.15) is 0 Å². The van der Waals surface area contributed by atoms with Gasteiger partial charge in [-0.05, 0) is 0 Å². The topological polar surface area (TPSA) is 35.5 Å². The molecular formula is C11H15O3P. The molecule has 0 aromatic heterocycles. The minimum Gasteiger partial charge on any atom is -0.469 e. The van der Waals surface area contributed by atoms with Gasteiger partial charge >= 0.3 is 5.97 Å². The van der Waals surface area contributed by atoms with E-state index in [4.69, 9.17) is 4.52 Å². The zero-order valence-electron chi connectivity index (χ0n) is 8.97. The number of carbonyl (C=O) groups is 1. The van der Waals surface area contributed by atoms with Crippen molar-refractivity contribution in [1.29, 1.82) is 0 Å². The second-order valence-electron chi connectivity index (χ2n) is 2.95. The average molecular weight is 226 g/mol. The summed E-state index contributed by atoms with van der Waals surface area (Å²) in [7, 11) is 2.39. The number of hydrogen-bond donors (Lipinski definition) is 0. The molecule has 0 fully saturated rings. The molecule has 0 saturated carbocycles. The highest BCUT2D eigenvalue weighted by Crippen LogP contribution is 2.35. The lowest BCUT2D eigenvalue weighted by Crippen LogP contribution is -2.08. The number of methoxy groups -OCH3 is 1. The minimum absolute atomic E-state index is 0.185. The van der Waals surface area contributed by atoms with E-state index < -0.39 is 8.15 Å². The smallest absolute Gasteiger partial charge is 0.305 e. The molecule has 0 spiro atoms. The highest BCUT2D eigenvalue weighted by atomic mass is 31.1. The summed E-state index contributed by atoms with van der Waals surface area (Å²) in [5.74, 6) is -0.185. The van der Waals surface area contributed by atoms with Gasteiger partial charge in [0.05, 0.1) is 21.7 Å². The van der Waals surface area contributed by atoms with Crippen molar-refractivity contribution in [3.8, 4) is 0 Å². The lowest BCUT2D eigenvalue weighted by molar-refractivity contribution is -0.140. The first-order chi connectivity index (χ1) is 7.27. The van der Waals surface area contributed by atoms with Gasteiger partial charge in [0.25, 0.3) is 0 Å². The van der Waals surface area contributed by atoms with Crippen molar-refractivity contribution < 1.29 is 14.1 Å². The summed E-state index contributed by atoms with van der Waals surface area (Å²) >= 11 is 0. The number of ether oxygens (including phenoxy) is 1. The normalized spacial score (nSPS) is 12.1. The first-order valence-corrected chi connectivity index (χ1v) is 6.16. The van der Waals surface area contributed by atoms with Crippen LogP contribution in [0.2, 0.25) is 0 Å². The number of rotatable bonds is 5. The van der Waals surface area contributed by atoms with Crippen molar-refractivity contribution in [3.05, 3.63) is 30.3 Å². The summed E-state index contributed by atoms with van der Waals surface area (Å²) in [5, 5.41) is 1.15. The number of carbonyl (C=O) groups excluding carboxylic acids is 1. The van der Waals surface area contributed by atoms with Crippen molar-refractivity contribution in [2.75, 3.05) is 20.4 Å². The fourth-order valence-electron chi connectivity index (χ4n) is 1.21. The third-order valence-electron chi connectivity index (χ3n) is 2.01. The molecule has 0 aliphatic heterocycles. The number of esters is 1. The SMILES string of the molecule is COC(=O)CCP(OC)c1ccccc1. The van der Waals surface area contributed by atoms with Crippen LogP contribution in [0.3, 0.4) is 0 Å². The molecule has 0 radical (unpaired) electrons. The van der Waals surface area contributed by atoms with E-state index in [1.165, 1.54) is 7.11 Å². The van der Waals surface area contributed by atoms with Crippen molar-refractivity contribution in [1.82, 2.24) is 0 Å². The lowest BCUT2D eigenvalue weighted by Gasteiger charge is -2.14. The van der Waals surface area contributed by atoms with Crippen molar-refractivity contribution in [2.24, 2.45) is 0 Å². The fourth-order valence-corrected chi connectivity index (χ4v) is 2.76. The van der Waals surface area contributed by atoms with Crippen LogP contribution < -0.4 is 5.30 Å². The van der Waals surface area contributed by atoms with E-state index >= 15 is 0 Å². The maximum absolute atomic E-state index is 11.0.